The van der Waals surface area contributed by atoms with Gasteiger partial charge in [-0.05, 0) is 24.6 Å². The van der Waals surface area contributed by atoms with E-state index in [1.807, 2.05) is 28.5 Å². The van der Waals surface area contributed by atoms with Crippen LogP contribution in [0.1, 0.15) is 12.7 Å². The number of thiophene rings is 1. The molecule has 0 amide bonds. The first-order chi connectivity index (χ1) is 14.0. The number of hydrogen-bond acceptors (Lipinski definition) is 7. The summed E-state index contributed by atoms with van der Waals surface area (Å²) >= 11 is 1.42. The smallest absolute Gasteiger partial charge is 0.260 e. The fourth-order valence-corrected chi connectivity index (χ4v) is 4.22. The van der Waals surface area contributed by atoms with Gasteiger partial charge in [-0.3, -0.25) is 9.69 Å². The monoisotopic (exact) mass is 415 g/mol. The highest BCUT2D eigenvalue weighted by atomic mass is 32.1. The Balaban J connectivity index is 1.98. The predicted octanol–water partition coefficient (Wildman–Crippen LogP) is 3.04. The third kappa shape index (κ3) is 4.67. The average molecular weight is 416 g/mol. The molecule has 3 rings (SSSR count). The summed E-state index contributed by atoms with van der Waals surface area (Å²) in [5.74, 6) is 1.79. The van der Waals surface area contributed by atoms with Crippen LogP contribution in [0.3, 0.4) is 0 Å². The fraction of sp³-hybridized carbons (Fsp3) is 0.333. The standard InChI is InChI=1S/C21H25N3O4S/c1-5-8-24(10-13(2)25)11-18-22-20(26)19-15(12-29-21(19)23-18)14-6-7-16(27-3)17(9-14)28-4/h5-7,9,12-13,25H,1,8,10-11H2,2-4H3,(H,22,23,26)/t13-/m0/s1. The van der Waals surface area contributed by atoms with Gasteiger partial charge in [0.2, 0.25) is 0 Å². The van der Waals surface area contributed by atoms with Crippen LogP contribution >= 0.6 is 11.3 Å². The number of aromatic amines is 1. The van der Waals surface area contributed by atoms with Gasteiger partial charge in [-0.2, -0.15) is 0 Å². The Bertz CT molecular complexity index is 1060. The number of hydrogen-bond donors (Lipinski definition) is 2. The molecule has 0 aliphatic carbocycles. The molecule has 29 heavy (non-hydrogen) atoms. The molecule has 0 unspecified atom stereocenters. The molecule has 154 valence electrons. The van der Waals surface area contributed by atoms with Crippen molar-refractivity contribution in [2.75, 3.05) is 27.3 Å². The number of nitrogens with zero attached hydrogens (tertiary/aromatic N) is 2. The number of methoxy groups -OCH3 is 2. The minimum absolute atomic E-state index is 0.188. The van der Waals surface area contributed by atoms with Crippen LogP contribution in [0.25, 0.3) is 21.3 Å². The number of aliphatic hydroxyl groups is 1. The van der Waals surface area contributed by atoms with Crippen molar-refractivity contribution in [1.29, 1.82) is 0 Å². The first-order valence-corrected chi connectivity index (χ1v) is 10.1. The van der Waals surface area contributed by atoms with Gasteiger partial charge in [-0.15, -0.1) is 17.9 Å². The van der Waals surface area contributed by atoms with Crippen molar-refractivity contribution < 1.29 is 14.6 Å². The van der Waals surface area contributed by atoms with Gasteiger partial charge in [-0.1, -0.05) is 12.1 Å². The van der Waals surface area contributed by atoms with Gasteiger partial charge in [0, 0.05) is 24.0 Å². The average Bonchev–Trinajstić information content (AvgIpc) is 3.11. The van der Waals surface area contributed by atoms with Crippen molar-refractivity contribution in [2.45, 2.75) is 19.6 Å². The molecule has 0 aliphatic heterocycles. The quantitative estimate of drug-likeness (QED) is 0.523. The Morgan fingerprint density at radius 1 is 1.34 bits per heavy atom. The molecule has 2 aromatic heterocycles. The van der Waals surface area contributed by atoms with Crippen LogP contribution in [0.5, 0.6) is 11.5 Å². The zero-order valence-corrected chi connectivity index (χ0v) is 17.6. The fourth-order valence-electron chi connectivity index (χ4n) is 3.26. The summed E-state index contributed by atoms with van der Waals surface area (Å²) in [5, 5.41) is 12.2. The molecule has 0 fully saturated rings. The maximum atomic E-state index is 12.9. The molecular weight excluding hydrogens is 390 g/mol. The summed E-state index contributed by atoms with van der Waals surface area (Å²) in [5.41, 5.74) is 1.47. The number of benzene rings is 1. The Kier molecular flexibility index (Phi) is 6.68. The van der Waals surface area contributed by atoms with E-state index in [4.69, 9.17) is 9.47 Å². The van der Waals surface area contributed by atoms with E-state index < -0.39 is 6.10 Å². The molecule has 1 aromatic carbocycles. The lowest BCUT2D eigenvalue weighted by Gasteiger charge is -2.21. The third-order valence-corrected chi connectivity index (χ3v) is 5.34. The third-order valence-electron chi connectivity index (χ3n) is 4.47. The molecule has 0 spiro atoms. The van der Waals surface area contributed by atoms with Crippen LogP contribution in [0.2, 0.25) is 0 Å². The van der Waals surface area contributed by atoms with E-state index in [9.17, 15) is 9.90 Å². The molecular formula is C21H25N3O4S. The molecule has 0 bridgehead atoms. The van der Waals surface area contributed by atoms with Crippen molar-refractivity contribution in [3.63, 3.8) is 0 Å². The van der Waals surface area contributed by atoms with E-state index in [2.05, 4.69) is 16.5 Å². The van der Waals surface area contributed by atoms with Crippen molar-refractivity contribution in [3.8, 4) is 22.6 Å². The summed E-state index contributed by atoms with van der Waals surface area (Å²) in [7, 11) is 3.16. The lowest BCUT2D eigenvalue weighted by molar-refractivity contribution is 0.128. The molecule has 1 atom stereocenters. The predicted molar refractivity (Wildman–Crippen MR) is 116 cm³/mol. The molecule has 0 saturated carbocycles. The maximum absolute atomic E-state index is 12.9. The molecule has 2 heterocycles. The number of aliphatic hydroxyl groups excluding tert-OH is 1. The lowest BCUT2D eigenvalue weighted by Crippen LogP contribution is -2.32. The second-order valence-electron chi connectivity index (χ2n) is 6.74. The van der Waals surface area contributed by atoms with Crippen molar-refractivity contribution in [3.05, 3.63) is 52.4 Å². The zero-order valence-electron chi connectivity index (χ0n) is 16.8. The highest BCUT2D eigenvalue weighted by Gasteiger charge is 2.16. The van der Waals surface area contributed by atoms with E-state index in [0.717, 1.165) is 11.1 Å². The number of fused-ring (bicyclic) bond motifs is 1. The maximum Gasteiger partial charge on any atom is 0.260 e. The summed E-state index contributed by atoms with van der Waals surface area (Å²) < 4.78 is 10.7. The Hall–Kier alpha value is -2.68. The largest absolute Gasteiger partial charge is 0.493 e. The zero-order chi connectivity index (χ0) is 21.0. The molecule has 8 heteroatoms. The first-order valence-electron chi connectivity index (χ1n) is 9.21. The summed E-state index contributed by atoms with van der Waals surface area (Å²) in [4.78, 5) is 23.0. The highest BCUT2D eigenvalue weighted by Crippen LogP contribution is 2.36. The van der Waals surface area contributed by atoms with E-state index in [1.54, 1.807) is 27.2 Å². The van der Waals surface area contributed by atoms with Crippen molar-refractivity contribution in [2.24, 2.45) is 0 Å². The van der Waals surface area contributed by atoms with Gasteiger partial charge in [0.25, 0.3) is 5.56 Å². The van der Waals surface area contributed by atoms with Crippen molar-refractivity contribution >= 4 is 21.6 Å². The summed E-state index contributed by atoms with van der Waals surface area (Å²) in [6.07, 6.45) is 1.28. The summed E-state index contributed by atoms with van der Waals surface area (Å²) in [6.45, 7) is 6.95. The minimum atomic E-state index is -0.483. The van der Waals surface area contributed by atoms with Crippen LogP contribution in [0.15, 0.2) is 41.0 Å². The van der Waals surface area contributed by atoms with Crippen molar-refractivity contribution in [1.82, 2.24) is 14.9 Å². The highest BCUT2D eigenvalue weighted by molar-refractivity contribution is 7.17. The topological polar surface area (TPSA) is 87.7 Å². The van der Waals surface area contributed by atoms with Crippen LogP contribution < -0.4 is 15.0 Å². The minimum Gasteiger partial charge on any atom is -0.493 e. The van der Waals surface area contributed by atoms with Crippen LogP contribution in [0.4, 0.5) is 0 Å². The number of H-pyrrole nitrogens is 1. The van der Waals surface area contributed by atoms with Gasteiger partial charge in [0.05, 0.1) is 32.3 Å². The SMILES string of the molecule is C=CCN(Cc1nc2scc(-c3ccc(OC)c(OC)c3)c2c(=O)[nH]1)C[C@H](C)O. The lowest BCUT2D eigenvalue weighted by atomic mass is 10.1. The normalized spacial score (nSPS) is 12.3. The molecule has 7 nitrogen and oxygen atoms in total. The molecule has 0 saturated heterocycles. The number of ether oxygens (including phenoxy) is 2. The Morgan fingerprint density at radius 2 is 2.10 bits per heavy atom. The van der Waals surface area contributed by atoms with E-state index in [0.29, 0.717) is 47.2 Å². The second kappa shape index (κ2) is 9.21. The summed E-state index contributed by atoms with van der Waals surface area (Å²) in [6, 6.07) is 5.56. The molecule has 3 aromatic rings. The van der Waals surface area contributed by atoms with Gasteiger partial charge >= 0.3 is 0 Å². The van der Waals surface area contributed by atoms with E-state index in [1.165, 1.54) is 11.3 Å². The van der Waals surface area contributed by atoms with Gasteiger partial charge in [0.15, 0.2) is 11.5 Å². The number of rotatable bonds is 9. The van der Waals surface area contributed by atoms with Gasteiger partial charge in [-0.25, -0.2) is 4.98 Å². The first kappa shape index (κ1) is 21.0. The molecule has 2 N–H and O–H groups in total. The molecule has 0 radical (unpaired) electrons. The second-order valence-corrected chi connectivity index (χ2v) is 7.60. The van der Waals surface area contributed by atoms with E-state index >= 15 is 0 Å². The number of aromatic nitrogens is 2. The van der Waals surface area contributed by atoms with Crippen LogP contribution in [-0.2, 0) is 6.54 Å². The van der Waals surface area contributed by atoms with Crippen LogP contribution in [0, 0.1) is 0 Å². The molecule has 0 aliphatic rings. The Morgan fingerprint density at radius 3 is 2.76 bits per heavy atom. The Labute approximate surface area is 173 Å². The van der Waals surface area contributed by atoms with Gasteiger partial charge in [0.1, 0.15) is 10.7 Å². The van der Waals surface area contributed by atoms with E-state index in [-0.39, 0.29) is 5.56 Å². The van der Waals surface area contributed by atoms with Gasteiger partial charge < -0.3 is 19.6 Å². The number of nitrogens with one attached hydrogen (secondary N) is 1. The van der Waals surface area contributed by atoms with Crippen LogP contribution in [-0.4, -0.2) is 53.4 Å².